The van der Waals surface area contributed by atoms with E-state index in [0.717, 1.165) is 37.7 Å². The van der Waals surface area contributed by atoms with Crippen molar-refractivity contribution in [2.45, 2.75) is 105 Å². The molecule has 1 N–H and O–H groups in total. The van der Waals surface area contributed by atoms with E-state index in [1.807, 2.05) is 0 Å². The first-order valence-corrected chi connectivity index (χ1v) is 17.2. The molecule has 3 nitrogen and oxygen atoms in total. The number of dihydropyridines is 1. The van der Waals surface area contributed by atoms with Crippen molar-refractivity contribution in [2.24, 2.45) is 10.8 Å². The van der Waals surface area contributed by atoms with Gasteiger partial charge in [-0.05, 0) is 167 Å². The number of hydrogen-bond donors (Lipinski definition) is 1. The van der Waals surface area contributed by atoms with E-state index >= 15 is 0 Å². The van der Waals surface area contributed by atoms with Crippen LogP contribution >= 0.6 is 0 Å². The zero-order valence-corrected chi connectivity index (χ0v) is 29.4. The van der Waals surface area contributed by atoms with Gasteiger partial charge in [-0.25, -0.2) is 0 Å². The highest BCUT2D eigenvalue weighted by atomic mass is 15.1. The zero-order valence-electron chi connectivity index (χ0n) is 29.4. The van der Waals surface area contributed by atoms with Gasteiger partial charge in [0.15, 0.2) is 0 Å². The van der Waals surface area contributed by atoms with Gasteiger partial charge in [0.05, 0.1) is 0 Å². The van der Waals surface area contributed by atoms with E-state index in [1.165, 1.54) is 83.2 Å². The van der Waals surface area contributed by atoms with Crippen LogP contribution in [0.3, 0.4) is 0 Å². The maximum Gasteiger partial charge on any atom is 0.0357 e. The Bertz CT molecular complexity index is 1440. The lowest BCUT2D eigenvalue weighted by molar-refractivity contribution is 0.154. The van der Waals surface area contributed by atoms with E-state index in [2.05, 4.69) is 121 Å². The SMILES string of the molecule is C=Cc1c(C)c(C)c(C2C(C)(CCC)C23CCC(N(C)C)CC3)c(C2=CC=CC2)c1CCN(C)CC1=C(C)C=C(C)NC1=C. The van der Waals surface area contributed by atoms with Gasteiger partial charge in [0.1, 0.15) is 0 Å². The van der Waals surface area contributed by atoms with E-state index in [-0.39, 0.29) is 0 Å². The van der Waals surface area contributed by atoms with Crippen LogP contribution in [0.15, 0.2) is 60.0 Å². The van der Waals surface area contributed by atoms with E-state index < -0.39 is 0 Å². The standard InChI is InChI=1S/C41H59N3/c1-12-21-40(8)39(41(40)22-18-33(19-23-41)43(9)10)37-30(6)29(5)34(13-2)35(38(37)32-16-14-15-17-32)20-24-44(11)26-36-27(3)25-28(4)42-31(36)7/h13-16,25,33,39,42H,2,7,12,17-24,26H2,1,3-6,8-11H3. The Labute approximate surface area is 269 Å². The summed E-state index contributed by atoms with van der Waals surface area (Å²) in [6.07, 6.45) is 21.4. The number of nitrogens with zero attached hydrogens (tertiary/aromatic N) is 2. The average Bonchev–Trinajstić information content (AvgIpc) is 3.28. The van der Waals surface area contributed by atoms with E-state index in [4.69, 9.17) is 0 Å². The van der Waals surface area contributed by atoms with Crippen molar-refractivity contribution in [3.63, 3.8) is 0 Å². The Balaban J connectivity index is 1.56. The third-order valence-electron chi connectivity index (χ3n) is 12.2. The first-order chi connectivity index (χ1) is 20.9. The van der Waals surface area contributed by atoms with Crippen LogP contribution in [0.25, 0.3) is 11.6 Å². The highest BCUT2D eigenvalue weighted by Crippen LogP contribution is 2.82. The molecule has 238 valence electrons. The van der Waals surface area contributed by atoms with Gasteiger partial charge >= 0.3 is 0 Å². The lowest BCUT2D eigenvalue weighted by atomic mass is 9.75. The molecule has 2 atom stereocenters. The summed E-state index contributed by atoms with van der Waals surface area (Å²) in [5.41, 5.74) is 16.2. The number of hydrogen-bond acceptors (Lipinski definition) is 3. The van der Waals surface area contributed by atoms with E-state index in [1.54, 1.807) is 11.1 Å². The van der Waals surface area contributed by atoms with Crippen molar-refractivity contribution in [3.05, 3.63) is 93.4 Å². The van der Waals surface area contributed by atoms with E-state index in [0.29, 0.717) is 16.7 Å². The summed E-state index contributed by atoms with van der Waals surface area (Å²) in [4.78, 5) is 4.95. The molecule has 1 aromatic rings. The fraction of sp³-hybridized carbons (Fsp3) is 0.561. The number of allylic oxidation sites excluding steroid dienone is 7. The molecule has 1 spiro atoms. The van der Waals surface area contributed by atoms with Crippen molar-refractivity contribution < 1.29 is 0 Å². The molecule has 5 rings (SSSR count). The minimum atomic E-state index is 0.366. The summed E-state index contributed by atoms with van der Waals surface area (Å²) >= 11 is 0. The van der Waals surface area contributed by atoms with Crippen molar-refractivity contribution in [1.29, 1.82) is 0 Å². The fourth-order valence-electron chi connectivity index (χ4n) is 9.72. The Morgan fingerprint density at radius 2 is 1.77 bits per heavy atom. The largest absolute Gasteiger partial charge is 0.359 e. The Kier molecular flexibility index (Phi) is 9.41. The predicted octanol–water partition coefficient (Wildman–Crippen LogP) is 9.50. The molecule has 0 amide bonds. The number of benzene rings is 1. The summed E-state index contributed by atoms with van der Waals surface area (Å²) in [6, 6.07) is 0.722. The van der Waals surface area contributed by atoms with Gasteiger partial charge in [0, 0.05) is 30.5 Å². The normalized spacial score (nSPS) is 28.2. The summed E-state index contributed by atoms with van der Waals surface area (Å²) in [5, 5.41) is 3.45. The van der Waals surface area contributed by atoms with Crippen molar-refractivity contribution in [3.8, 4) is 0 Å². The van der Waals surface area contributed by atoms with Gasteiger partial charge in [-0.1, -0.05) is 57.7 Å². The second-order valence-corrected chi connectivity index (χ2v) is 15.0. The van der Waals surface area contributed by atoms with Crippen molar-refractivity contribution >= 4 is 11.6 Å². The molecule has 4 aliphatic rings. The maximum atomic E-state index is 4.38. The van der Waals surface area contributed by atoms with Crippen molar-refractivity contribution in [2.75, 3.05) is 34.2 Å². The minimum absolute atomic E-state index is 0.366. The quantitative estimate of drug-likeness (QED) is 0.276. The molecule has 3 aliphatic carbocycles. The summed E-state index contributed by atoms with van der Waals surface area (Å²) in [5.74, 6) is 0.628. The maximum absolute atomic E-state index is 4.38. The van der Waals surface area contributed by atoms with Crippen LogP contribution in [-0.2, 0) is 6.42 Å². The number of nitrogens with one attached hydrogen (secondary N) is 1. The molecule has 3 heteroatoms. The van der Waals surface area contributed by atoms with Gasteiger partial charge < -0.3 is 15.1 Å². The molecule has 0 saturated heterocycles. The van der Waals surface area contributed by atoms with Crippen LogP contribution in [0.4, 0.5) is 0 Å². The van der Waals surface area contributed by atoms with Gasteiger partial charge in [-0.3, -0.25) is 0 Å². The Morgan fingerprint density at radius 1 is 1.07 bits per heavy atom. The molecule has 2 saturated carbocycles. The average molecular weight is 594 g/mol. The second-order valence-electron chi connectivity index (χ2n) is 15.0. The molecule has 0 radical (unpaired) electrons. The third kappa shape index (κ3) is 5.53. The van der Waals surface area contributed by atoms with Crippen LogP contribution in [0, 0.1) is 24.7 Å². The summed E-state index contributed by atoms with van der Waals surface area (Å²) in [6.45, 7) is 24.8. The second kappa shape index (κ2) is 12.6. The predicted molar refractivity (Wildman–Crippen MR) is 192 cm³/mol. The molecule has 0 aromatic heterocycles. The summed E-state index contributed by atoms with van der Waals surface area (Å²) in [7, 11) is 6.82. The fourth-order valence-corrected chi connectivity index (χ4v) is 9.72. The highest BCUT2D eigenvalue weighted by Gasteiger charge is 2.73. The van der Waals surface area contributed by atoms with Crippen LogP contribution in [0.1, 0.15) is 112 Å². The zero-order chi connectivity index (χ0) is 32.0. The lowest BCUT2D eigenvalue weighted by Gasteiger charge is -2.36. The van der Waals surface area contributed by atoms with Gasteiger partial charge in [-0.2, -0.15) is 0 Å². The third-order valence-corrected chi connectivity index (χ3v) is 12.2. The molecular formula is C41H59N3. The molecule has 44 heavy (non-hydrogen) atoms. The van der Waals surface area contributed by atoms with Crippen LogP contribution in [0.2, 0.25) is 0 Å². The Morgan fingerprint density at radius 3 is 2.34 bits per heavy atom. The van der Waals surface area contributed by atoms with Crippen LogP contribution < -0.4 is 5.32 Å². The molecule has 1 heterocycles. The number of likely N-dealkylation sites (N-methyl/N-ethyl adjacent to an activating group) is 1. The van der Waals surface area contributed by atoms with Crippen LogP contribution in [-0.4, -0.2) is 50.1 Å². The monoisotopic (exact) mass is 593 g/mol. The van der Waals surface area contributed by atoms with Gasteiger partial charge in [-0.15, -0.1) is 0 Å². The molecule has 1 aliphatic heterocycles. The molecule has 1 aromatic carbocycles. The van der Waals surface area contributed by atoms with Crippen LogP contribution in [0.5, 0.6) is 0 Å². The van der Waals surface area contributed by atoms with Crippen molar-refractivity contribution in [1.82, 2.24) is 15.1 Å². The first-order valence-electron chi connectivity index (χ1n) is 17.2. The minimum Gasteiger partial charge on any atom is -0.359 e. The van der Waals surface area contributed by atoms with Gasteiger partial charge in [0.25, 0.3) is 0 Å². The molecule has 2 fully saturated rings. The topological polar surface area (TPSA) is 18.5 Å². The molecule has 2 unspecified atom stereocenters. The number of rotatable bonds is 11. The first kappa shape index (κ1) is 32.8. The lowest BCUT2D eigenvalue weighted by Crippen LogP contribution is -2.34. The molecular weight excluding hydrogens is 534 g/mol. The molecule has 0 bridgehead atoms. The Hall–Kier alpha value is -2.62. The highest BCUT2D eigenvalue weighted by molar-refractivity contribution is 5.81. The summed E-state index contributed by atoms with van der Waals surface area (Å²) < 4.78 is 0. The smallest absolute Gasteiger partial charge is 0.0357 e. The van der Waals surface area contributed by atoms with E-state index in [9.17, 15) is 0 Å². The van der Waals surface area contributed by atoms with Gasteiger partial charge in [0.2, 0.25) is 0 Å².